The highest BCUT2D eigenvalue weighted by molar-refractivity contribution is 5.94. The number of amides is 3. The molecular formula is C21H34N6O6. The predicted molar refractivity (Wildman–Crippen MR) is 118 cm³/mol. The van der Waals surface area contributed by atoms with Crippen LogP contribution in [0.5, 0.6) is 0 Å². The van der Waals surface area contributed by atoms with Gasteiger partial charge in [-0.25, -0.2) is 9.78 Å². The number of imidazole rings is 1. The number of aliphatic hydroxyl groups excluding tert-OH is 1. The zero-order valence-electron chi connectivity index (χ0n) is 19.2. The number of carboxylic acid groups (broad SMARTS) is 1. The fourth-order valence-corrected chi connectivity index (χ4v) is 3.73. The predicted octanol–water partition coefficient (Wildman–Crippen LogP) is -1.25. The van der Waals surface area contributed by atoms with Crippen LogP contribution in [0.25, 0.3) is 0 Å². The van der Waals surface area contributed by atoms with Gasteiger partial charge in [-0.3, -0.25) is 14.4 Å². The second kappa shape index (κ2) is 11.8. The summed E-state index contributed by atoms with van der Waals surface area (Å²) in [5.41, 5.74) is 6.63. The van der Waals surface area contributed by atoms with Gasteiger partial charge in [-0.1, -0.05) is 20.3 Å². The molecule has 1 saturated heterocycles. The van der Waals surface area contributed by atoms with Crippen molar-refractivity contribution < 1.29 is 29.4 Å². The number of hydrogen-bond donors (Lipinski definition) is 6. The number of carboxylic acids is 1. The molecule has 6 atom stereocenters. The number of rotatable bonds is 11. The molecule has 1 fully saturated rings. The maximum Gasteiger partial charge on any atom is 0.328 e. The molecule has 0 radical (unpaired) electrons. The number of carbonyl (C=O) groups excluding carboxylic acids is 3. The van der Waals surface area contributed by atoms with Gasteiger partial charge in [0.15, 0.2) is 6.04 Å². The molecule has 7 N–H and O–H groups in total. The fourth-order valence-electron chi connectivity index (χ4n) is 3.73. The lowest BCUT2D eigenvalue weighted by molar-refractivity contribution is -0.145. The van der Waals surface area contributed by atoms with Crippen molar-refractivity contribution in [2.75, 3.05) is 6.54 Å². The molecule has 2 rings (SSSR count). The molecule has 0 bridgehead atoms. The van der Waals surface area contributed by atoms with Gasteiger partial charge >= 0.3 is 5.97 Å². The lowest BCUT2D eigenvalue weighted by Crippen LogP contribution is -2.58. The number of carbonyl (C=O) groups is 4. The third-order valence-electron chi connectivity index (χ3n) is 6.04. The average molecular weight is 467 g/mol. The Balaban J connectivity index is 2.17. The average Bonchev–Trinajstić information content (AvgIpc) is 3.46. The Morgan fingerprint density at radius 2 is 2.00 bits per heavy atom. The van der Waals surface area contributed by atoms with Gasteiger partial charge in [0.2, 0.25) is 17.7 Å². The minimum absolute atomic E-state index is 0.0107. The molecule has 1 aliphatic rings. The van der Waals surface area contributed by atoms with Crippen LogP contribution in [0.15, 0.2) is 12.5 Å². The summed E-state index contributed by atoms with van der Waals surface area (Å²) in [6.07, 6.45) is 3.32. The molecular weight excluding hydrogens is 432 g/mol. The van der Waals surface area contributed by atoms with Gasteiger partial charge in [0.25, 0.3) is 0 Å². The number of likely N-dealkylation sites (tertiary alicyclic amines) is 1. The fraction of sp³-hybridized carbons (Fsp3) is 0.667. The summed E-state index contributed by atoms with van der Waals surface area (Å²) >= 11 is 0. The Morgan fingerprint density at radius 1 is 1.30 bits per heavy atom. The van der Waals surface area contributed by atoms with Crippen LogP contribution in [0.2, 0.25) is 0 Å². The van der Waals surface area contributed by atoms with E-state index in [2.05, 4.69) is 20.6 Å². The first kappa shape index (κ1) is 26.3. The number of aliphatic hydroxyl groups is 1. The second-order valence-electron chi connectivity index (χ2n) is 8.51. The number of aromatic nitrogens is 2. The highest BCUT2D eigenvalue weighted by Gasteiger charge is 2.39. The van der Waals surface area contributed by atoms with E-state index in [9.17, 15) is 29.4 Å². The van der Waals surface area contributed by atoms with Crippen LogP contribution < -0.4 is 16.4 Å². The molecule has 0 saturated carbocycles. The first-order valence-electron chi connectivity index (χ1n) is 11.1. The van der Waals surface area contributed by atoms with E-state index in [1.54, 1.807) is 0 Å². The number of aromatic amines is 1. The minimum Gasteiger partial charge on any atom is -0.480 e. The minimum atomic E-state index is -1.54. The molecule has 1 aliphatic heterocycles. The van der Waals surface area contributed by atoms with Gasteiger partial charge in [-0.15, -0.1) is 0 Å². The molecule has 33 heavy (non-hydrogen) atoms. The summed E-state index contributed by atoms with van der Waals surface area (Å²) in [6.45, 7) is 5.44. The van der Waals surface area contributed by atoms with Crippen LogP contribution >= 0.6 is 0 Å². The quantitative estimate of drug-likeness (QED) is 0.233. The zero-order chi connectivity index (χ0) is 24.7. The number of H-pyrrole nitrogens is 1. The summed E-state index contributed by atoms with van der Waals surface area (Å²) in [5, 5.41) is 23.8. The van der Waals surface area contributed by atoms with Gasteiger partial charge in [-0.05, 0) is 25.7 Å². The lowest BCUT2D eigenvalue weighted by Gasteiger charge is -2.30. The summed E-state index contributed by atoms with van der Waals surface area (Å²) in [7, 11) is 0. The molecule has 0 spiro atoms. The van der Waals surface area contributed by atoms with Crippen LogP contribution in [-0.2, 0) is 25.6 Å². The molecule has 6 unspecified atom stereocenters. The molecule has 1 aromatic rings. The first-order valence-corrected chi connectivity index (χ1v) is 11.1. The van der Waals surface area contributed by atoms with Gasteiger partial charge in [0.05, 0.1) is 18.5 Å². The molecule has 12 heteroatoms. The number of aliphatic carboxylic acids is 1. The van der Waals surface area contributed by atoms with Crippen LogP contribution in [-0.4, -0.2) is 85.6 Å². The molecule has 1 aromatic heterocycles. The smallest absolute Gasteiger partial charge is 0.328 e. The van der Waals surface area contributed by atoms with E-state index < -0.39 is 48.1 Å². The van der Waals surface area contributed by atoms with Gasteiger partial charge < -0.3 is 36.5 Å². The largest absolute Gasteiger partial charge is 0.480 e. The van der Waals surface area contributed by atoms with Crippen molar-refractivity contribution in [3.05, 3.63) is 18.2 Å². The van der Waals surface area contributed by atoms with E-state index in [0.717, 1.165) is 6.42 Å². The molecule has 12 nitrogen and oxygen atoms in total. The zero-order valence-corrected chi connectivity index (χ0v) is 19.2. The topological polar surface area (TPSA) is 191 Å². The third-order valence-corrected chi connectivity index (χ3v) is 6.04. The Morgan fingerprint density at radius 3 is 2.55 bits per heavy atom. The third kappa shape index (κ3) is 6.75. The molecule has 3 amide bonds. The van der Waals surface area contributed by atoms with Crippen molar-refractivity contribution in [2.45, 2.75) is 76.7 Å². The van der Waals surface area contributed by atoms with Crippen LogP contribution in [0.3, 0.4) is 0 Å². The van der Waals surface area contributed by atoms with Crippen molar-refractivity contribution in [2.24, 2.45) is 11.7 Å². The Bertz CT molecular complexity index is 829. The summed E-state index contributed by atoms with van der Waals surface area (Å²) in [6, 6.07) is -4.21. The van der Waals surface area contributed by atoms with Crippen LogP contribution in [0.4, 0.5) is 0 Å². The Hall–Kier alpha value is -2.99. The first-order chi connectivity index (χ1) is 15.6. The van der Waals surface area contributed by atoms with Crippen LogP contribution in [0, 0.1) is 5.92 Å². The van der Waals surface area contributed by atoms with E-state index in [1.165, 1.54) is 24.3 Å². The Labute approximate surface area is 192 Å². The normalized spacial score (nSPS) is 20.4. The summed E-state index contributed by atoms with van der Waals surface area (Å²) < 4.78 is 0. The van der Waals surface area contributed by atoms with Gasteiger partial charge in [0.1, 0.15) is 12.1 Å². The number of nitrogens with zero attached hydrogens (tertiary/aromatic N) is 2. The monoisotopic (exact) mass is 466 g/mol. The number of nitrogens with two attached hydrogens (primary N) is 1. The maximum absolute atomic E-state index is 13.1. The van der Waals surface area contributed by atoms with Crippen molar-refractivity contribution in [1.82, 2.24) is 25.5 Å². The molecule has 2 heterocycles. The molecule has 184 valence electrons. The van der Waals surface area contributed by atoms with Crippen molar-refractivity contribution in [1.29, 1.82) is 0 Å². The SMILES string of the molecule is CCC(C)C(N)C(=O)N1CCCC1C(=O)NC(Cc1cnc[nH]1)C(=O)NC(C(=O)O)C(C)O. The molecule has 0 aliphatic carbocycles. The summed E-state index contributed by atoms with van der Waals surface area (Å²) in [4.78, 5) is 58.4. The maximum atomic E-state index is 13.1. The van der Waals surface area contributed by atoms with Gasteiger partial charge in [-0.2, -0.15) is 0 Å². The Kier molecular flexibility index (Phi) is 9.35. The van der Waals surface area contributed by atoms with E-state index >= 15 is 0 Å². The highest BCUT2D eigenvalue weighted by Crippen LogP contribution is 2.21. The van der Waals surface area contributed by atoms with Crippen molar-refractivity contribution in [3.8, 4) is 0 Å². The standard InChI is InChI=1S/C21H34N6O6/c1-4-11(2)16(22)20(31)27-7-5-6-15(27)19(30)25-14(8-13-9-23-10-24-13)18(29)26-17(12(3)28)21(32)33/h9-12,14-17,28H,4-8,22H2,1-3H3,(H,23,24)(H,25,30)(H,26,29)(H,32,33). The van der Waals surface area contributed by atoms with E-state index in [1.807, 2.05) is 13.8 Å². The van der Waals surface area contributed by atoms with E-state index in [-0.39, 0.29) is 18.2 Å². The number of hydrogen-bond acceptors (Lipinski definition) is 7. The van der Waals surface area contributed by atoms with Crippen molar-refractivity contribution in [3.63, 3.8) is 0 Å². The summed E-state index contributed by atoms with van der Waals surface area (Å²) in [5.74, 6) is -3.07. The van der Waals surface area contributed by atoms with E-state index in [4.69, 9.17) is 5.73 Å². The van der Waals surface area contributed by atoms with E-state index in [0.29, 0.717) is 25.1 Å². The molecule has 0 aromatic carbocycles. The number of nitrogens with one attached hydrogen (secondary N) is 3. The lowest BCUT2D eigenvalue weighted by atomic mass is 9.98. The second-order valence-corrected chi connectivity index (χ2v) is 8.51. The highest BCUT2D eigenvalue weighted by atomic mass is 16.4. The van der Waals surface area contributed by atoms with Gasteiger partial charge in [0, 0.05) is 24.9 Å². The van der Waals surface area contributed by atoms with Crippen molar-refractivity contribution >= 4 is 23.7 Å². The van der Waals surface area contributed by atoms with Crippen LogP contribution in [0.1, 0.15) is 45.7 Å².